The highest BCUT2D eigenvalue weighted by atomic mass is 31.3. The third-order valence-corrected chi connectivity index (χ3v) is 25.1. The third kappa shape index (κ3) is 14.9. The Hall–Kier alpha value is -8.01. The minimum Gasteiger partial charge on any atom is -0.440 e. The van der Waals surface area contributed by atoms with E-state index in [0.717, 1.165) is 55.6 Å². The summed E-state index contributed by atoms with van der Waals surface area (Å²) in [7, 11) is -15.9. The maximum absolute atomic E-state index is 7.93. The maximum atomic E-state index is 7.93. The van der Waals surface area contributed by atoms with Crippen LogP contribution in [0.25, 0.3) is 0 Å². The average Bonchev–Trinajstić information content (AvgIpc) is 0.761. The molecule has 90 heavy (non-hydrogen) atoms. The highest BCUT2D eigenvalue weighted by molar-refractivity contribution is 7.78. The van der Waals surface area contributed by atoms with Crippen molar-refractivity contribution >= 4 is 41.5 Å². The lowest BCUT2D eigenvalue weighted by atomic mass is 10.2. The van der Waals surface area contributed by atoms with Crippen molar-refractivity contribution in [3.8, 4) is 57.5 Å². The van der Waals surface area contributed by atoms with Gasteiger partial charge in [-0.1, -0.05) is 182 Å². The molecule has 0 saturated heterocycles. The highest BCUT2D eigenvalue weighted by Gasteiger charge is 2.61. The minimum absolute atomic E-state index is 0.409. The van der Waals surface area contributed by atoms with Crippen LogP contribution in [0.15, 0.2) is 247 Å². The van der Waals surface area contributed by atoms with Gasteiger partial charge in [-0.25, -0.2) is 0 Å². The van der Waals surface area contributed by atoms with E-state index in [1.165, 1.54) is 0 Å². The molecule has 1 aliphatic heterocycles. The van der Waals surface area contributed by atoms with E-state index in [4.69, 9.17) is 51.0 Å². The molecule has 15 nitrogen and oxygen atoms in total. The Morgan fingerprint density at radius 2 is 0.467 bits per heavy atom. The summed E-state index contributed by atoms with van der Waals surface area (Å²) in [4.78, 5) is 30.9. The zero-order valence-corrected chi connectivity index (χ0v) is 56.1. The monoisotopic (exact) mass is 1300 g/mol. The van der Waals surface area contributed by atoms with Gasteiger partial charge in [0.1, 0.15) is 34.5 Å². The predicted octanol–water partition coefficient (Wildman–Crippen LogP) is 21.6. The van der Waals surface area contributed by atoms with Gasteiger partial charge in [0.15, 0.2) is 23.0 Å². The van der Waals surface area contributed by atoms with Crippen LogP contribution in [-0.2, 0) is 0 Å². The lowest BCUT2D eigenvalue weighted by molar-refractivity contribution is 0.0281. The Bertz CT molecular complexity index is 4120. The van der Waals surface area contributed by atoms with Crippen LogP contribution in [0.3, 0.4) is 0 Å². The van der Waals surface area contributed by atoms with E-state index >= 15 is 0 Å². The van der Waals surface area contributed by atoms with Crippen molar-refractivity contribution in [3.05, 3.63) is 298 Å². The summed E-state index contributed by atoms with van der Waals surface area (Å²) < 4.78 is 59.8. The second-order valence-electron chi connectivity index (χ2n) is 21.2. The van der Waals surface area contributed by atoms with Gasteiger partial charge in [0, 0.05) is 18.4 Å². The van der Waals surface area contributed by atoms with Gasteiger partial charge < -0.3 is 46.5 Å². The molecule has 0 saturated carbocycles. The van der Waals surface area contributed by atoms with E-state index in [2.05, 4.69) is 0 Å². The molecule has 0 bridgehead atoms. The Morgan fingerprint density at radius 3 is 0.778 bits per heavy atom. The van der Waals surface area contributed by atoms with Crippen molar-refractivity contribution in [2.24, 2.45) is 4.52 Å². The maximum Gasteiger partial charge on any atom is 0.447 e. The normalized spacial score (nSPS) is 17.2. The lowest BCUT2D eigenvalue weighted by Crippen LogP contribution is -2.41. The highest BCUT2D eigenvalue weighted by Crippen LogP contribution is 2.79. The first-order valence-corrected chi connectivity index (χ1v) is 35.3. The van der Waals surface area contributed by atoms with Crippen molar-refractivity contribution in [1.82, 2.24) is 18.4 Å². The first kappa shape index (κ1) is 63.6. The van der Waals surface area contributed by atoms with E-state index in [9.17, 15) is 0 Å². The number of nitrogens with zero attached hydrogens (tertiary/aromatic N) is 5. The summed E-state index contributed by atoms with van der Waals surface area (Å²) in [6.07, 6.45) is 0. The Balaban J connectivity index is 1.39. The molecule has 20 heteroatoms. The van der Waals surface area contributed by atoms with Crippen LogP contribution in [0.4, 0.5) is 0 Å². The SMILES string of the molecule is Cc1ccccc1ON1P(Oc2ccccc2C)N=P(Oc2ccccc2C)(Oc2ccccc2C)N(Oc2ccccc2C)P(Oc2ccccc2C)N(Oc2ccccc2C)P(Oc2ccccc2C)N(Oc2ccccc2C)P1Oc1ccccc1C. The van der Waals surface area contributed by atoms with Gasteiger partial charge in [0.05, 0.1) is 0 Å². The zero-order chi connectivity index (χ0) is 62.7. The fourth-order valence-corrected chi connectivity index (χ4v) is 21.3. The molecule has 460 valence electrons. The second kappa shape index (κ2) is 29.3. The van der Waals surface area contributed by atoms with E-state index < -0.39 is 41.5 Å². The largest absolute Gasteiger partial charge is 0.447 e. The van der Waals surface area contributed by atoms with Crippen LogP contribution in [0.1, 0.15) is 55.6 Å². The molecule has 1 aliphatic rings. The molecule has 0 aliphatic carbocycles. The van der Waals surface area contributed by atoms with Gasteiger partial charge in [-0.05, 0) is 186 Å². The quantitative estimate of drug-likeness (QED) is 0.0674. The molecule has 4 atom stereocenters. The van der Waals surface area contributed by atoms with Gasteiger partial charge in [0.25, 0.3) is 0 Å². The number of aryl methyl sites for hydroxylation is 10. The number of benzene rings is 10. The molecule has 10 aromatic carbocycles. The van der Waals surface area contributed by atoms with Crippen LogP contribution >= 0.6 is 41.5 Å². The van der Waals surface area contributed by atoms with Gasteiger partial charge in [-0.2, -0.15) is 0 Å². The standard InChI is InChI=1S/C70H70N5O10P5/c1-51-31-11-21-41-61(51)76-72-86(80-65-45-25-15-35-55(65)5)71-90(84-69-49-29-19-39-59(69)9,85-70-50-30-20-40-60(70)10)75(79-64-44-24-14-34-54(64)4)89(83-68-48-28-18-38-58(68)8)74(78-63-43-23-13-33-53(63)3)88(82-67-47-27-17-37-57(67)7)73(77-62-42-22-12-32-52(62)2)87(72)81-66-46-26-16-36-56(66)6/h11-50H,1-10H3. The Kier molecular flexibility index (Phi) is 20.7. The molecule has 0 radical (unpaired) electrons. The zero-order valence-electron chi connectivity index (χ0n) is 51.6. The number of rotatable bonds is 20. The molecule has 0 aromatic heterocycles. The van der Waals surface area contributed by atoms with Crippen LogP contribution in [-0.4, -0.2) is 18.4 Å². The van der Waals surface area contributed by atoms with Crippen LogP contribution in [0, 0.1) is 69.2 Å². The summed E-state index contributed by atoms with van der Waals surface area (Å²) in [6.45, 7) is 19.8. The van der Waals surface area contributed by atoms with Gasteiger partial charge in [-0.15, -0.1) is 4.52 Å². The van der Waals surface area contributed by atoms with Crippen molar-refractivity contribution in [1.29, 1.82) is 0 Å². The molecule has 10 aromatic rings. The van der Waals surface area contributed by atoms with Gasteiger partial charge in [-0.3, -0.25) is 0 Å². The number of hydrogen-bond acceptors (Lipinski definition) is 15. The van der Waals surface area contributed by atoms with Crippen LogP contribution in [0.2, 0.25) is 0 Å². The Labute approximate surface area is 533 Å². The lowest BCUT2D eigenvalue weighted by Gasteiger charge is -2.46. The average molecular weight is 1300 g/mol. The summed E-state index contributed by atoms with van der Waals surface area (Å²) >= 11 is 0. The summed E-state index contributed by atoms with van der Waals surface area (Å²) in [6, 6.07) is 77.5. The molecule has 0 N–H and O–H groups in total. The number of hydrogen-bond donors (Lipinski definition) is 0. The van der Waals surface area contributed by atoms with E-state index in [1.54, 1.807) is 18.4 Å². The first-order chi connectivity index (χ1) is 43.7. The molecule has 1 heterocycles. The number of para-hydroxylation sites is 10. The predicted molar refractivity (Wildman–Crippen MR) is 362 cm³/mol. The fourth-order valence-electron chi connectivity index (χ4n) is 8.89. The second-order valence-corrected chi connectivity index (χ2v) is 30.2. The molecular weight excluding hydrogens is 1230 g/mol. The van der Waals surface area contributed by atoms with E-state index in [1.807, 2.05) is 312 Å². The molecular formula is C70H70N5O10P5. The van der Waals surface area contributed by atoms with Crippen LogP contribution in [0.5, 0.6) is 57.5 Å². The van der Waals surface area contributed by atoms with E-state index in [-0.39, 0.29) is 0 Å². The molecule has 0 spiro atoms. The summed E-state index contributed by atoms with van der Waals surface area (Å²) in [5.41, 5.74) is 7.82. The summed E-state index contributed by atoms with van der Waals surface area (Å²) in [5.74, 6) is 4.45. The van der Waals surface area contributed by atoms with Crippen molar-refractivity contribution < 1.29 is 46.5 Å². The van der Waals surface area contributed by atoms with E-state index in [0.29, 0.717) is 57.5 Å². The molecule has 0 fully saturated rings. The van der Waals surface area contributed by atoms with Crippen molar-refractivity contribution in [2.75, 3.05) is 0 Å². The summed E-state index contributed by atoms with van der Waals surface area (Å²) in [5, 5.41) is 0. The molecule has 4 unspecified atom stereocenters. The minimum atomic E-state index is -4.71. The van der Waals surface area contributed by atoms with Gasteiger partial charge in [0.2, 0.25) is 0 Å². The molecule has 11 rings (SSSR count). The smallest absolute Gasteiger partial charge is 0.440 e. The fraction of sp³-hybridized carbons (Fsp3) is 0.143. The Morgan fingerprint density at radius 1 is 0.244 bits per heavy atom. The first-order valence-electron chi connectivity index (χ1n) is 29.1. The van der Waals surface area contributed by atoms with Crippen LogP contribution < -0.4 is 46.5 Å². The third-order valence-electron chi connectivity index (χ3n) is 14.2. The molecule has 0 amide bonds. The van der Waals surface area contributed by atoms with Crippen molar-refractivity contribution in [3.63, 3.8) is 0 Å². The topological polar surface area (TPSA) is 118 Å². The van der Waals surface area contributed by atoms with Gasteiger partial charge >= 0.3 is 41.5 Å². The van der Waals surface area contributed by atoms with Crippen molar-refractivity contribution in [2.45, 2.75) is 69.2 Å².